The van der Waals surface area contributed by atoms with E-state index in [1.54, 1.807) is 6.07 Å². The SMILES string of the molecule is Nc1nc(N2CCC(CO)CC2)c(Cl)cc1Cl. The molecule has 0 amide bonds. The molecule has 6 heteroatoms. The van der Waals surface area contributed by atoms with Crippen LogP contribution >= 0.6 is 23.2 Å². The molecule has 0 aliphatic carbocycles. The van der Waals surface area contributed by atoms with Gasteiger partial charge in [-0.3, -0.25) is 0 Å². The summed E-state index contributed by atoms with van der Waals surface area (Å²) in [5, 5.41) is 9.98. The lowest BCUT2D eigenvalue weighted by atomic mass is 9.98. The number of piperidine rings is 1. The van der Waals surface area contributed by atoms with E-state index >= 15 is 0 Å². The molecule has 0 spiro atoms. The summed E-state index contributed by atoms with van der Waals surface area (Å²) in [4.78, 5) is 6.31. The van der Waals surface area contributed by atoms with Gasteiger partial charge in [-0.25, -0.2) is 4.98 Å². The van der Waals surface area contributed by atoms with Crippen molar-refractivity contribution in [2.45, 2.75) is 12.8 Å². The van der Waals surface area contributed by atoms with Crippen LogP contribution in [0.1, 0.15) is 12.8 Å². The Labute approximate surface area is 110 Å². The molecule has 1 aromatic heterocycles. The fraction of sp³-hybridized carbons (Fsp3) is 0.545. The van der Waals surface area contributed by atoms with Crippen LogP contribution in [0.15, 0.2) is 6.07 Å². The molecule has 1 aliphatic heterocycles. The molecule has 1 fully saturated rings. The van der Waals surface area contributed by atoms with Crippen molar-refractivity contribution in [1.29, 1.82) is 0 Å². The van der Waals surface area contributed by atoms with E-state index in [2.05, 4.69) is 9.88 Å². The fourth-order valence-corrected chi connectivity index (χ4v) is 2.50. The zero-order chi connectivity index (χ0) is 12.4. The molecule has 4 nitrogen and oxygen atoms in total. The number of aromatic nitrogens is 1. The third-order valence-corrected chi connectivity index (χ3v) is 3.69. The normalized spacial score (nSPS) is 17.5. The first kappa shape index (κ1) is 12.7. The topological polar surface area (TPSA) is 62.4 Å². The largest absolute Gasteiger partial charge is 0.396 e. The number of nitrogens with zero attached hydrogens (tertiary/aromatic N) is 2. The molecule has 3 N–H and O–H groups in total. The number of pyridine rings is 1. The van der Waals surface area contributed by atoms with Gasteiger partial charge in [-0.15, -0.1) is 0 Å². The van der Waals surface area contributed by atoms with Crippen LogP contribution in [0.2, 0.25) is 10.0 Å². The molecule has 2 rings (SSSR count). The number of anilines is 2. The van der Waals surface area contributed by atoms with Crippen molar-refractivity contribution in [3.05, 3.63) is 16.1 Å². The van der Waals surface area contributed by atoms with Crippen LogP contribution < -0.4 is 10.6 Å². The molecular weight excluding hydrogens is 261 g/mol. The zero-order valence-electron chi connectivity index (χ0n) is 9.37. The Hall–Kier alpha value is -0.710. The maximum atomic E-state index is 9.09. The van der Waals surface area contributed by atoms with Gasteiger partial charge in [0.15, 0.2) is 0 Å². The average Bonchev–Trinajstić information content (AvgIpc) is 2.34. The second-order valence-electron chi connectivity index (χ2n) is 4.27. The van der Waals surface area contributed by atoms with Crippen LogP contribution in [-0.4, -0.2) is 29.8 Å². The molecule has 0 saturated carbocycles. The number of aliphatic hydroxyl groups excluding tert-OH is 1. The number of nitrogens with two attached hydrogens (primary N) is 1. The van der Waals surface area contributed by atoms with Crippen LogP contribution in [0.3, 0.4) is 0 Å². The van der Waals surface area contributed by atoms with Gasteiger partial charge in [0.25, 0.3) is 0 Å². The summed E-state index contributed by atoms with van der Waals surface area (Å²) in [6.07, 6.45) is 1.88. The second kappa shape index (κ2) is 5.29. The van der Waals surface area contributed by atoms with Crippen molar-refractivity contribution < 1.29 is 5.11 Å². The van der Waals surface area contributed by atoms with Crippen molar-refractivity contribution in [2.75, 3.05) is 30.3 Å². The molecule has 0 bridgehead atoms. The maximum absolute atomic E-state index is 9.09. The number of halogens is 2. The predicted octanol–water partition coefficient (Wildman–Crippen LogP) is 2.18. The van der Waals surface area contributed by atoms with Crippen LogP contribution in [0.25, 0.3) is 0 Å². The van der Waals surface area contributed by atoms with Gasteiger partial charge in [0.1, 0.15) is 11.6 Å². The lowest BCUT2D eigenvalue weighted by Gasteiger charge is -2.32. The summed E-state index contributed by atoms with van der Waals surface area (Å²) in [7, 11) is 0. The minimum absolute atomic E-state index is 0.248. The first-order valence-electron chi connectivity index (χ1n) is 5.59. The number of nitrogen functional groups attached to an aromatic ring is 1. The Kier molecular flexibility index (Phi) is 3.97. The summed E-state index contributed by atoms with van der Waals surface area (Å²) in [5.74, 6) is 1.37. The molecule has 0 radical (unpaired) electrons. The molecule has 0 aromatic carbocycles. The van der Waals surface area contributed by atoms with E-state index in [9.17, 15) is 0 Å². The van der Waals surface area contributed by atoms with Gasteiger partial charge < -0.3 is 15.7 Å². The van der Waals surface area contributed by atoms with Gasteiger partial charge in [-0.2, -0.15) is 0 Å². The smallest absolute Gasteiger partial charge is 0.149 e. The molecule has 0 unspecified atom stereocenters. The molecule has 2 heterocycles. The van der Waals surface area contributed by atoms with Crippen molar-refractivity contribution in [2.24, 2.45) is 5.92 Å². The molecular formula is C11H15Cl2N3O. The van der Waals surface area contributed by atoms with E-state index < -0.39 is 0 Å². The van der Waals surface area contributed by atoms with Crippen molar-refractivity contribution in [3.63, 3.8) is 0 Å². The highest BCUT2D eigenvalue weighted by Gasteiger charge is 2.21. The first-order valence-corrected chi connectivity index (χ1v) is 6.34. The van der Waals surface area contributed by atoms with Crippen molar-refractivity contribution >= 4 is 34.8 Å². The number of hydrogen-bond acceptors (Lipinski definition) is 4. The van der Waals surface area contributed by atoms with Gasteiger partial charge in [0.2, 0.25) is 0 Å². The van der Waals surface area contributed by atoms with Crippen LogP contribution in [0.5, 0.6) is 0 Å². The van der Waals surface area contributed by atoms with E-state index in [1.807, 2.05) is 0 Å². The summed E-state index contributed by atoms with van der Waals surface area (Å²) in [5.41, 5.74) is 5.68. The quantitative estimate of drug-likeness (QED) is 0.869. The molecule has 94 valence electrons. The number of hydrogen-bond donors (Lipinski definition) is 2. The van der Waals surface area contributed by atoms with Gasteiger partial charge >= 0.3 is 0 Å². The highest BCUT2D eigenvalue weighted by Crippen LogP contribution is 2.32. The van der Waals surface area contributed by atoms with Crippen molar-refractivity contribution in [3.8, 4) is 0 Å². The zero-order valence-corrected chi connectivity index (χ0v) is 10.9. The lowest BCUT2D eigenvalue weighted by Crippen LogP contribution is -2.35. The van der Waals surface area contributed by atoms with E-state index in [0.29, 0.717) is 27.6 Å². The van der Waals surface area contributed by atoms with Gasteiger partial charge in [0, 0.05) is 19.7 Å². The fourth-order valence-electron chi connectivity index (χ4n) is 2.02. The number of aliphatic hydroxyl groups is 1. The Balaban J connectivity index is 2.16. The Morgan fingerprint density at radius 2 is 2.00 bits per heavy atom. The van der Waals surface area contributed by atoms with Crippen LogP contribution in [0.4, 0.5) is 11.6 Å². The molecule has 0 atom stereocenters. The predicted molar refractivity (Wildman–Crippen MR) is 70.7 cm³/mol. The molecule has 1 aliphatic rings. The van der Waals surface area contributed by atoms with E-state index in [1.165, 1.54) is 0 Å². The standard InChI is InChI=1S/C11H15Cl2N3O/c12-8-5-9(13)11(15-10(8)14)16-3-1-7(6-17)2-4-16/h5,7,17H,1-4,6H2,(H2,14,15). The lowest BCUT2D eigenvalue weighted by molar-refractivity contribution is 0.203. The maximum Gasteiger partial charge on any atom is 0.149 e. The third kappa shape index (κ3) is 2.76. The average molecular weight is 276 g/mol. The Morgan fingerprint density at radius 1 is 1.35 bits per heavy atom. The minimum Gasteiger partial charge on any atom is -0.396 e. The summed E-state index contributed by atoms with van der Waals surface area (Å²) < 4.78 is 0. The first-order chi connectivity index (χ1) is 8.11. The van der Waals surface area contributed by atoms with Crippen molar-refractivity contribution in [1.82, 2.24) is 4.98 Å². The summed E-state index contributed by atoms with van der Waals surface area (Å²) in [6, 6.07) is 1.62. The Bertz CT molecular complexity index is 406. The third-order valence-electron chi connectivity index (χ3n) is 3.11. The van der Waals surface area contributed by atoms with E-state index in [4.69, 9.17) is 34.0 Å². The van der Waals surface area contributed by atoms with E-state index in [0.717, 1.165) is 25.9 Å². The molecule has 1 saturated heterocycles. The van der Waals surface area contributed by atoms with E-state index in [-0.39, 0.29) is 6.61 Å². The molecule has 17 heavy (non-hydrogen) atoms. The van der Waals surface area contributed by atoms with Crippen LogP contribution in [-0.2, 0) is 0 Å². The van der Waals surface area contributed by atoms with Gasteiger partial charge in [-0.05, 0) is 24.8 Å². The van der Waals surface area contributed by atoms with Gasteiger partial charge in [0.05, 0.1) is 10.0 Å². The monoisotopic (exact) mass is 275 g/mol. The van der Waals surface area contributed by atoms with Gasteiger partial charge in [-0.1, -0.05) is 23.2 Å². The summed E-state index contributed by atoms with van der Waals surface area (Å²) >= 11 is 12.0. The van der Waals surface area contributed by atoms with Crippen LogP contribution in [0, 0.1) is 5.92 Å². The highest BCUT2D eigenvalue weighted by atomic mass is 35.5. The minimum atomic E-state index is 0.248. The summed E-state index contributed by atoms with van der Waals surface area (Å²) in [6.45, 7) is 1.91. The highest BCUT2D eigenvalue weighted by molar-refractivity contribution is 6.37. The molecule has 1 aromatic rings. The number of rotatable bonds is 2. The second-order valence-corrected chi connectivity index (χ2v) is 5.09. The Morgan fingerprint density at radius 3 is 2.59 bits per heavy atom.